The van der Waals surface area contributed by atoms with Crippen molar-refractivity contribution in [2.24, 2.45) is 0 Å². The summed E-state index contributed by atoms with van der Waals surface area (Å²) >= 11 is 13.7. The van der Waals surface area contributed by atoms with Crippen LogP contribution in [0.2, 0.25) is 10.0 Å². The zero-order valence-corrected chi connectivity index (χ0v) is 22.6. The maximum Gasteiger partial charge on any atom is 0.256 e. The Labute approximate surface area is 218 Å². The lowest BCUT2D eigenvalue weighted by atomic mass is 9.93. The Morgan fingerprint density at radius 3 is 2.63 bits per heavy atom. The van der Waals surface area contributed by atoms with Crippen LogP contribution in [0.3, 0.4) is 0 Å². The summed E-state index contributed by atoms with van der Waals surface area (Å²) in [6, 6.07) is 4.02. The van der Waals surface area contributed by atoms with Crippen LogP contribution in [0.15, 0.2) is 12.1 Å². The number of ether oxygens (including phenoxy) is 2. The third kappa shape index (κ3) is 5.61. The van der Waals surface area contributed by atoms with Gasteiger partial charge in [-0.05, 0) is 62.4 Å². The van der Waals surface area contributed by atoms with Crippen molar-refractivity contribution in [3.05, 3.63) is 55.7 Å². The molecule has 4 rings (SSSR count). The zero-order chi connectivity index (χ0) is 25.1. The van der Waals surface area contributed by atoms with Crippen LogP contribution in [0.4, 0.5) is 0 Å². The molecule has 2 aliphatic rings. The molecule has 1 aromatic heterocycles. The van der Waals surface area contributed by atoms with Gasteiger partial charge in [-0.15, -0.1) is 0 Å². The molecule has 0 bridgehead atoms. The Balaban J connectivity index is 1.63. The number of rotatable bonds is 8. The highest BCUT2D eigenvalue weighted by molar-refractivity contribution is 6.37. The van der Waals surface area contributed by atoms with Crippen molar-refractivity contribution < 1.29 is 14.3 Å². The van der Waals surface area contributed by atoms with E-state index < -0.39 is 0 Å². The molecule has 8 heteroatoms. The number of fused-ring (bicyclic) bond motifs is 1. The van der Waals surface area contributed by atoms with Gasteiger partial charge in [0.05, 0.1) is 37.0 Å². The second-order valence-electron chi connectivity index (χ2n) is 9.48. The molecular weight excluding hydrogens is 485 g/mol. The summed E-state index contributed by atoms with van der Waals surface area (Å²) in [6.07, 6.45) is 2.67. The lowest BCUT2D eigenvalue weighted by Crippen LogP contribution is -2.39. The van der Waals surface area contributed by atoms with Crippen molar-refractivity contribution in [2.75, 3.05) is 39.5 Å². The number of hydrogen-bond acceptors (Lipinski definition) is 5. The summed E-state index contributed by atoms with van der Waals surface area (Å²) in [6.45, 7) is 12.9. The number of hydrogen-bond donors (Lipinski definition) is 0. The van der Waals surface area contributed by atoms with E-state index in [2.05, 4.69) is 23.7 Å². The first kappa shape index (κ1) is 26.2. The van der Waals surface area contributed by atoms with Crippen LogP contribution in [0.5, 0.6) is 5.88 Å². The Kier molecular flexibility index (Phi) is 8.59. The molecular formula is C27H35Cl2N3O3. The molecule has 0 aliphatic carbocycles. The summed E-state index contributed by atoms with van der Waals surface area (Å²) < 4.78 is 11.5. The maximum atomic E-state index is 13.8. The lowest BCUT2D eigenvalue weighted by molar-refractivity contribution is 0.0198. The number of amides is 1. The number of halogens is 2. The molecule has 0 spiro atoms. The second-order valence-corrected chi connectivity index (χ2v) is 10.3. The van der Waals surface area contributed by atoms with Crippen LogP contribution in [-0.2, 0) is 17.7 Å². The van der Waals surface area contributed by atoms with E-state index in [0.29, 0.717) is 60.8 Å². The average molecular weight is 521 g/mol. The molecule has 35 heavy (non-hydrogen) atoms. The van der Waals surface area contributed by atoms with E-state index in [1.54, 1.807) is 0 Å². The van der Waals surface area contributed by atoms with Gasteiger partial charge in [0.1, 0.15) is 0 Å². The van der Waals surface area contributed by atoms with E-state index in [1.807, 2.05) is 30.9 Å². The third-order valence-corrected chi connectivity index (χ3v) is 7.79. The predicted molar refractivity (Wildman–Crippen MR) is 140 cm³/mol. The Bertz CT molecular complexity index is 1090. The van der Waals surface area contributed by atoms with Gasteiger partial charge in [-0.2, -0.15) is 0 Å². The summed E-state index contributed by atoms with van der Waals surface area (Å²) in [5.41, 5.74) is 5.19. The molecule has 1 fully saturated rings. The molecule has 3 heterocycles. The molecule has 1 saturated heterocycles. The first-order chi connectivity index (χ1) is 16.8. The van der Waals surface area contributed by atoms with Gasteiger partial charge >= 0.3 is 0 Å². The minimum absolute atomic E-state index is 0.0412. The molecule has 0 N–H and O–H groups in total. The second kappa shape index (κ2) is 11.5. The van der Waals surface area contributed by atoms with Crippen LogP contribution >= 0.6 is 23.2 Å². The molecule has 1 aromatic carbocycles. The minimum Gasteiger partial charge on any atom is -0.477 e. The monoisotopic (exact) mass is 519 g/mol. The number of morpholine rings is 1. The highest BCUT2D eigenvalue weighted by atomic mass is 35.5. The van der Waals surface area contributed by atoms with Gasteiger partial charge in [0.2, 0.25) is 5.88 Å². The van der Waals surface area contributed by atoms with Crippen molar-refractivity contribution in [3.63, 3.8) is 0 Å². The average Bonchev–Trinajstić information content (AvgIpc) is 2.84. The van der Waals surface area contributed by atoms with E-state index in [4.69, 9.17) is 32.7 Å². The summed E-state index contributed by atoms with van der Waals surface area (Å²) in [7, 11) is 0. The summed E-state index contributed by atoms with van der Waals surface area (Å²) in [5.74, 6) is 0.530. The number of aromatic nitrogens is 1. The zero-order valence-electron chi connectivity index (χ0n) is 21.1. The minimum atomic E-state index is -0.0892. The van der Waals surface area contributed by atoms with E-state index in [-0.39, 0.29) is 11.9 Å². The van der Waals surface area contributed by atoms with Crippen molar-refractivity contribution in [2.45, 2.75) is 59.5 Å². The molecule has 1 amide bonds. The topological polar surface area (TPSA) is 54.9 Å². The van der Waals surface area contributed by atoms with Crippen molar-refractivity contribution >= 4 is 29.1 Å². The van der Waals surface area contributed by atoms with E-state index in [9.17, 15) is 4.79 Å². The van der Waals surface area contributed by atoms with Gasteiger partial charge in [0, 0.05) is 42.0 Å². The smallest absolute Gasteiger partial charge is 0.256 e. The number of benzene rings is 1. The fraction of sp³-hybridized carbons (Fsp3) is 0.556. The number of pyridine rings is 1. The van der Waals surface area contributed by atoms with Gasteiger partial charge in [-0.3, -0.25) is 9.69 Å². The van der Waals surface area contributed by atoms with Crippen molar-refractivity contribution in [1.29, 1.82) is 0 Å². The fourth-order valence-corrected chi connectivity index (χ4v) is 5.63. The van der Waals surface area contributed by atoms with Crippen LogP contribution < -0.4 is 4.74 Å². The molecule has 1 atom stereocenters. The van der Waals surface area contributed by atoms with Crippen LogP contribution in [0.1, 0.15) is 71.0 Å². The predicted octanol–water partition coefficient (Wildman–Crippen LogP) is 5.78. The van der Waals surface area contributed by atoms with Gasteiger partial charge < -0.3 is 14.4 Å². The number of carbonyl (C=O) groups excluding carboxylic acids is 1. The molecule has 6 nitrogen and oxygen atoms in total. The van der Waals surface area contributed by atoms with Crippen LogP contribution in [-0.4, -0.2) is 60.1 Å². The SMILES string of the molecule is CCCCOc1nc(C)cc(C)c1CN1CCc2c(Cl)cc(C(C)N3CCOCC3)c(Cl)c2C1=O. The number of carbonyl (C=O) groups is 1. The van der Waals surface area contributed by atoms with E-state index in [0.717, 1.165) is 53.9 Å². The van der Waals surface area contributed by atoms with Gasteiger partial charge in [0.25, 0.3) is 5.91 Å². The van der Waals surface area contributed by atoms with Gasteiger partial charge in [-0.25, -0.2) is 4.98 Å². The number of aryl methyl sites for hydroxylation is 2. The van der Waals surface area contributed by atoms with Crippen molar-refractivity contribution in [3.8, 4) is 5.88 Å². The number of unbranched alkanes of at least 4 members (excludes halogenated alkanes) is 1. The largest absolute Gasteiger partial charge is 0.477 e. The molecule has 1 unspecified atom stereocenters. The van der Waals surface area contributed by atoms with E-state index in [1.165, 1.54) is 0 Å². The Hall–Kier alpha value is -1.86. The summed E-state index contributed by atoms with van der Waals surface area (Å²) in [4.78, 5) is 22.6. The first-order valence-electron chi connectivity index (χ1n) is 12.5. The van der Waals surface area contributed by atoms with Crippen LogP contribution in [0, 0.1) is 13.8 Å². The molecule has 0 radical (unpaired) electrons. The third-order valence-electron chi connectivity index (χ3n) is 7.04. The summed E-state index contributed by atoms with van der Waals surface area (Å²) in [5, 5.41) is 1.13. The van der Waals surface area contributed by atoms with Crippen molar-refractivity contribution in [1.82, 2.24) is 14.8 Å². The molecule has 2 aromatic rings. The quantitative estimate of drug-likeness (QED) is 0.414. The molecule has 2 aliphatic heterocycles. The van der Waals surface area contributed by atoms with Gasteiger partial charge in [-0.1, -0.05) is 36.5 Å². The lowest BCUT2D eigenvalue weighted by Gasteiger charge is -2.35. The Morgan fingerprint density at radius 2 is 1.91 bits per heavy atom. The first-order valence-corrected chi connectivity index (χ1v) is 13.3. The Morgan fingerprint density at radius 1 is 1.17 bits per heavy atom. The molecule has 0 saturated carbocycles. The number of nitrogens with zero attached hydrogens (tertiary/aromatic N) is 3. The standard InChI is InChI=1S/C27H35Cl2N3O3/c1-5-6-11-35-26-22(17(2)14-18(3)30-26)16-32-8-7-20-23(28)15-21(25(29)24(20)27(32)33)19(4)31-9-12-34-13-10-31/h14-15,19H,5-13,16H2,1-4H3. The van der Waals surface area contributed by atoms with E-state index >= 15 is 0 Å². The highest BCUT2D eigenvalue weighted by Gasteiger charge is 2.33. The molecule has 190 valence electrons. The highest BCUT2D eigenvalue weighted by Crippen LogP contribution is 2.39. The fourth-order valence-electron chi connectivity index (χ4n) is 4.92. The maximum absolute atomic E-state index is 13.8. The normalized spacial score (nSPS) is 17.4. The van der Waals surface area contributed by atoms with Gasteiger partial charge in [0.15, 0.2) is 0 Å². The van der Waals surface area contributed by atoms with Crippen LogP contribution in [0.25, 0.3) is 0 Å².